The van der Waals surface area contributed by atoms with E-state index in [-0.39, 0.29) is 10.7 Å². The number of hydrogen-bond acceptors (Lipinski definition) is 2. The minimum Gasteiger partial charge on any atom is -0.478 e. The van der Waals surface area contributed by atoms with Crippen LogP contribution in [0.15, 0.2) is 6.07 Å². The van der Waals surface area contributed by atoms with Gasteiger partial charge in [-0.05, 0) is 11.3 Å². The van der Waals surface area contributed by atoms with Crippen LogP contribution in [0.1, 0.15) is 10.4 Å². The Bertz CT molecular complexity index is 415. The van der Waals surface area contributed by atoms with E-state index in [4.69, 9.17) is 28.3 Å². The van der Waals surface area contributed by atoms with Crippen LogP contribution >= 0.6 is 23.2 Å². The highest BCUT2D eigenvalue weighted by Gasteiger charge is 2.24. The minimum atomic E-state index is -1.69. The third-order valence-corrected chi connectivity index (χ3v) is 4.70. The molecule has 0 aromatic carbocycles. The van der Waals surface area contributed by atoms with Crippen molar-refractivity contribution in [1.29, 1.82) is 0 Å². The van der Waals surface area contributed by atoms with Gasteiger partial charge in [0.2, 0.25) is 0 Å². The molecule has 0 aliphatic heterocycles. The lowest BCUT2D eigenvalue weighted by atomic mass is 10.3. The van der Waals surface area contributed by atoms with E-state index in [0.29, 0.717) is 5.15 Å². The highest BCUT2D eigenvalue weighted by Crippen LogP contribution is 2.18. The number of carboxylic acid groups (broad SMARTS) is 1. The summed E-state index contributed by atoms with van der Waals surface area (Å²) in [6.45, 7) is 6.19. The summed E-state index contributed by atoms with van der Waals surface area (Å²) in [5, 5.41) is 9.95. The third kappa shape index (κ3) is 2.71. The summed E-state index contributed by atoms with van der Waals surface area (Å²) >= 11 is 11.6. The van der Waals surface area contributed by atoms with Crippen LogP contribution in [0.2, 0.25) is 29.9 Å². The van der Waals surface area contributed by atoms with Crippen LogP contribution in [-0.4, -0.2) is 24.1 Å². The second kappa shape index (κ2) is 4.12. The fourth-order valence-electron chi connectivity index (χ4n) is 1.15. The Hall–Kier alpha value is -0.583. The maximum Gasteiger partial charge on any atom is 0.338 e. The van der Waals surface area contributed by atoms with Gasteiger partial charge in [0, 0.05) is 0 Å². The standard InChI is InChI=1S/C9H11Cl2NO2Si/c1-15(2,3)6-4-5(9(13)14)7(10)12-8(6)11/h4H,1-3H3,(H,13,14). The van der Waals surface area contributed by atoms with Gasteiger partial charge in [-0.3, -0.25) is 0 Å². The van der Waals surface area contributed by atoms with Gasteiger partial charge in [0.25, 0.3) is 0 Å². The van der Waals surface area contributed by atoms with Gasteiger partial charge in [-0.2, -0.15) is 0 Å². The fraction of sp³-hybridized carbons (Fsp3) is 0.333. The number of hydrogen-bond donors (Lipinski definition) is 1. The van der Waals surface area contributed by atoms with Crippen LogP contribution in [0, 0.1) is 0 Å². The van der Waals surface area contributed by atoms with Gasteiger partial charge >= 0.3 is 5.97 Å². The van der Waals surface area contributed by atoms with Crippen molar-refractivity contribution in [3.05, 3.63) is 21.9 Å². The average molecular weight is 264 g/mol. The zero-order chi connectivity index (χ0) is 11.8. The molecule has 6 heteroatoms. The Kier molecular flexibility index (Phi) is 3.43. The quantitative estimate of drug-likeness (QED) is 0.660. The molecule has 1 heterocycles. The lowest BCUT2D eigenvalue weighted by molar-refractivity contribution is 0.0697. The summed E-state index contributed by atoms with van der Waals surface area (Å²) in [6, 6.07) is 1.53. The predicted octanol–water partition coefficient (Wildman–Crippen LogP) is 2.63. The van der Waals surface area contributed by atoms with E-state index in [2.05, 4.69) is 24.6 Å². The zero-order valence-electron chi connectivity index (χ0n) is 8.64. The fourth-order valence-corrected chi connectivity index (χ4v) is 3.65. The summed E-state index contributed by atoms with van der Waals surface area (Å²) < 4.78 is 0. The van der Waals surface area contributed by atoms with Gasteiger partial charge in [0.15, 0.2) is 0 Å². The molecule has 0 aliphatic rings. The highest BCUT2D eigenvalue weighted by atomic mass is 35.5. The van der Waals surface area contributed by atoms with E-state index < -0.39 is 14.0 Å². The lowest BCUT2D eigenvalue weighted by Gasteiger charge is -2.18. The summed E-state index contributed by atoms with van der Waals surface area (Å²) in [5.74, 6) is -1.08. The summed E-state index contributed by atoms with van der Waals surface area (Å²) in [6.07, 6.45) is 0. The number of aromatic carboxylic acids is 1. The molecule has 1 aromatic rings. The van der Waals surface area contributed by atoms with Gasteiger partial charge < -0.3 is 5.11 Å². The number of pyridine rings is 1. The molecule has 0 saturated carbocycles. The molecule has 0 saturated heterocycles. The van der Waals surface area contributed by atoms with Crippen LogP contribution in [0.25, 0.3) is 0 Å². The average Bonchev–Trinajstić information content (AvgIpc) is 2.00. The van der Waals surface area contributed by atoms with Crippen molar-refractivity contribution in [3.8, 4) is 0 Å². The van der Waals surface area contributed by atoms with E-state index in [1.807, 2.05) is 0 Å². The maximum atomic E-state index is 10.9. The first-order valence-electron chi connectivity index (χ1n) is 4.33. The molecule has 0 spiro atoms. The van der Waals surface area contributed by atoms with Crippen molar-refractivity contribution in [3.63, 3.8) is 0 Å². The van der Waals surface area contributed by atoms with E-state index in [9.17, 15) is 4.79 Å². The Balaban J connectivity index is 3.43. The summed E-state index contributed by atoms with van der Waals surface area (Å²) in [4.78, 5) is 14.7. The van der Waals surface area contributed by atoms with Crippen LogP contribution in [0.4, 0.5) is 0 Å². The second-order valence-electron chi connectivity index (χ2n) is 4.22. The molecular weight excluding hydrogens is 253 g/mol. The molecule has 82 valence electrons. The first kappa shape index (κ1) is 12.5. The molecule has 3 nitrogen and oxygen atoms in total. The van der Waals surface area contributed by atoms with Crippen LogP contribution in [0.5, 0.6) is 0 Å². The van der Waals surface area contributed by atoms with Crippen molar-refractivity contribution >= 4 is 42.4 Å². The van der Waals surface area contributed by atoms with E-state index in [1.165, 1.54) is 6.07 Å². The highest BCUT2D eigenvalue weighted by molar-refractivity contribution is 6.90. The molecular formula is C9H11Cl2NO2Si. The lowest BCUT2D eigenvalue weighted by Crippen LogP contribution is -2.39. The molecule has 0 unspecified atom stereocenters. The van der Waals surface area contributed by atoms with E-state index in [0.717, 1.165) is 5.19 Å². The molecule has 0 atom stereocenters. The van der Waals surface area contributed by atoms with Gasteiger partial charge in [-0.25, -0.2) is 9.78 Å². The van der Waals surface area contributed by atoms with Gasteiger partial charge in [-0.1, -0.05) is 42.8 Å². The molecule has 0 aliphatic carbocycles. The van der Waals surface area contributed by atoms with Crippen LogP contribution in [0.3, 0.4) is 0 Å². The van der Waals surface area contributed by atoms with Crippen molar-refractivity contribution in [2.24, 2.45) is 0 Å². The second-order valence-corrected chi connectivity index (χ2v) is 9.97. The largest absolute Gasteiger partial charge is 0.478 e. The van der Waals surface area contributed by atoms with Gasteiger partial charge in [0.05, 0.1) is 13.6 Å². The number of carbonyl (C=O) groups is 1. The third-order valence-electron chi connectivity index (χ3n) is 1.97. The topological polar surface area (TPSA) is 50.2 Å². The molecule has 0 bridgehead atoms. The number of aromatic nitrogens is 1. The predicted molar refractivity (Wildman–Crippen MR) is 64.2 cm³/mol. The maximum absolute atomic E-state index is 10.9. The van der Waals surface area contributed by atoms with Crippen molar-refractivity contribution in [2.75, 3.05) is 0 Å². The summed E-state index contributed by atoms with van der Waals surface area (Å²) in [7, 11) is -1.69. The molecule has 0 fully saturated rings. The number of halogens is 2. The molecule has 1 aromatic heterocycles. The Morgan fingerprint density at radius 3 is 2.27 bits per heavy atom. The molecule has 1 N–H and O–H groups in total. The normalized spacial score (nSPS) is 11.5. The molecule has 0 amide bonds. The Morgan fingerprint density at radius 2 is 1.87 bits per heavy atom. The Labute approximate surface area is 99.1 Å². The molecule has 1 rings (SSSR count). The summed E-state index contributed by atoms with van der Waals surface area (Å²) in [5.41, 5.74) is 0.0125. The molecule has 0 radical (unpaired) electrons. The monoisotopic (exact) mass is 263 g/mol. The van der Waals surface area contributed by atoms with Crippen molar-refractivity contribution in [1.82, 2.24) is 4.98 Å². The molecule has 15 heavy (non-hydrogen) atoms. The smallest absolute Gasteiger partial charge is 0.338 e. The first-order chi connectivity index (χ1) is 6.73. The van der Waals surface area contributed by atoms with Crippen molar-refractivity contribution in [2.45, 2.75) is 19.6 Å². The Morgan fingerprint density at radius 1 is 1.33 bits per heavy atom. The minimum absolute atomic E-state index is 0.0125. The first-order valence-corrected chi connectivity index (χ1v) is 8.59. The van der Waals surface area contributed by atoms with E-state index >= 15 is 0 Å². The number of carboxylic acids is 1. The van der Waals surface area contributed by atoms with Crippen molar-refractivity contribution < 1.29 is 9.90 Å². The SMILES string of the molecule is C[Si](C)(C)c1cc(C(=O)O)c(Cl)nc1Cl. The van der Waals surface area contributed by atoms with Crippen LogP contribution in [-0.2, 0) is 0 Å². The number of nitrogens with zero attached hydrogens (tertiary/aromatic N) is 1. The number of rotatable bonds is 2. The van der Waals surface area contributed by atoms with Gasteiger partial charge in [0.1, 0.15) is 10.3 Å². The zero-order valence-corrected chi connectivity index (χ0v) is 11.1. The van der Waals surface area contributed by atoms with Gasteiger partial charge in [-0.15, -0.1) is 0 Å². The van der Waals surface area contributed by atoms with E-state index in [1.54, 1.807) is 0 Å². The van der Waals surface area contributed by atoms with Crippen LogP contribution < -0.4 is 5.19 Å².